The summed E-state index contributed by atoms with van der Waals surface area (Å²) in [5.74, 6) is -0.643. The second-order valence-electron chi connectivity index (χ2n) is 12.1. The summed E-state index contributed by atoms with van der Waals surface area (Å²) < 4.78 is 10.5. The summed E-state index contributed by atoms with van der Waals surface area (Å²) in [6, 6.07) is 0. The molecule has 0 bridgehead atoms. The molecule has 6 heteroatoms. The maximum atomic E-state index is 12.1. The number of esters is 2. The van der Waals surface area contributed by atoms with Crippen molar-refractivity contribution in [2.45, 2.75) is 180 Å². The SMILES string of the molecule is CC/C=C/CC(O)/C=C/C=C/CCCCCCCC(=O)O[C@@H](CO)COC(=O)CCCCCCCCCCCCCCCC. The number of carbonyl (C=O) groups is 2. The molecule has 0 aliphatic rings. The predicted molar refractivity (Wildman–Crippen MR) is 184 cm³/mol. The smallest absolute Gasteiger partial charge is 0.306 e. The topological polar surface area (TPSA) is 93.1 Å². The van der Waals surface area contributed by atoms with Crippen LogP contribution in [0.3, 0.4) is 0 Å². The summed E-state index contributed by atoms with van der Waals surface area (Å²) in [7, 11) is 0. The van der Waals surface area contributed by atoms with Crippen molar-refractivity contribution in [1.29, 1.82) is 0 Å². The monoisotopic (exact) mass is 621 g/mol. The standard InChI is InChI=1S/C38H68O6/c1-3-5-7-8-9-10-11-12-13-14-17-20-23-27-31-37(41)43-34-36(33-39)44-38(42)32-28-24-21-18-15-16-19-22-26-30-35(40)29-25-6-4-2/h6,19,22,25-26,30,35-36,39-40H,3-5,7-18,20-21,23-24,27-29,31-34H2,1-2H3/b22-19+,25-6+,30-26+/t35?,36-/m0/s1. The van der Waals surface area contributed by atoms with E-state index < -0.39 is 12.2 Å². The Morgan fingerprint density at radius 1 is 0.636 bits per heavy atom. The molecule has 6 nitrogen and oxygen atoms in total. The lowest BCUT2D eigenvalue weighted by atomic mass is 10.0. The van der Waals surface area contributed by atoms with Crippen molar-refractivity contribution in [3.8, 4) is 0 Å². The fraction of sp³-hybridized carbons (Fsp3) is 0.789. The molecule has 256 valence electrons. The summed E-state index contributed by atoms with van der Waals surface area (Å²) >= 11 is 0. The molecule has 2 atom stereocenters. The molecule has 0 aromatic heterocycles. The largest absolute Gasteiger partial charge is 0.462 e. The molecule has 0 rings (SSSR count). The number of aliphatic hydroxyl groups excluding tert-OH is 2. The van der Waals surface area contributed by atoms with Gasteiger partial charge in [-0.15, -0.1) is 0 Å². The molecule has 0 aliphatic heterocycles. The lowest BCUT2D eigenvalue weighted by molar-refractivity contribution is -0.161. The maximum absolute atomic E-state index is 12.1. The minimum absolute atomic E-state index is 0.0861. The Bertz CT molecular complexity index is 729. The molecule has 0 amide bonds. The normalized spacial score (nSPS) is 13.3. The molecule has 0 aromatic rings. The van der Waals surface area contributed by atoms with Crippen molar-refractivity contribution in [2.75, 3.05) is 13.2 Å². The number of hydrogen-bond acceptors (Lipinski definition) is 6. The van der Waals surface area contributed by atoms with E-state index in [4.69, 9.17) is 9.47 Å². The highest BCUT2D eigenvalue weighted by molar-refractivity contribution is 5.70. The fourth-order valence-electron chi connectivity index (χ4n) is 5.00. The van der Waals surface area contributed by atoms with E-state index in [0.717, 1.165) is 64.2 Å². The number of rotatable bonds is 32. The molecular weight excluding hydrogens is 552 g/mol. The Labute approximate surface area is 270 Å². The Balaban J connectivity index is 3.64. The molecule has 0 fully saturated rings. The van der Waals surface area contributed by atoms with Gasteiger partial charge in [-0.2, -0.15) is 0 Å². The average Bonchev–Trinajstić information content (AvgIpc) is 3.02. The lowest BCUT2D eigenvalue weighted by Crippen LogP contribution is -2.28. The van der Waals surface area contributed by atoms with Gasteiger partial charge in [-0.05, 0) is 38.5 Å². The Morgan fingerprint density at radius 3 is 1.70 bits per heavy atom. The molecule has 1 unspecified atom stereocenters. The first-order valence-corrected chi connectivity index (χ1v) is 18.2. The Kier molecular flexibility index (Phi) is 32.5. The number of carbonyl (C=O) groups excluding carboxylic acids is 2. The van der Waals surface area contributed by atoms with Gasteiger partial charge in [-0.3, -0.25) is 9.59 Å². The number of unbranched alkanes of at least 4 members (excludes halogenated alkanes) is 18. The van der Waals surface area contributed by atoms with Crippen molar-refractivity contribution in [3.63, 3.8) is 0 Å². The molecule has 2 N–H and O–H groups in total. The molecule has 0 aliphatic carbocycles. The quantitative estimate of drug-likeness (QED) is 0.0336. The third kappa shape index (κ3) is 31.5. The van der Waals surface area contributed by atoms with Crippen LogP contribution in [0.4, 0.5) is 0 Å². The van der Waals surface area contributed by atoms with Crippen LogP contribution in [0, 0.1) is 0 Å². The zero-order chi connectivity index (χ0) is 32.4. The minimum atomic E-state index is -0.794. The van der Waals surface area contributed by atoms with E-state index in [9.17, 15) is 19.8 Å². The molecule has 0 saturated carbocycles. The molecule has 0 spiro atoms. The van der Waals surface area contributed by atoms with Crippen LogP contribution in [-0.4, -0.2) is 47.6 Å². The highest BCUT2D eigenvalue weighted by Crippen LogP contribution is 2.14. The van der Waals surface area contributed by atoms with E-state index in [1.54, 1.807) is 0 Å². The van der Waals surface area contributed by atoms with Crippen molar-refractivity contribution in [3.05, 3.63) is 36.5 Å². The van der Waals surface area contributed by atoms with Crippen molar-refractivity contribution < 1.29 is 29.3 Å². The maximum Gasteiger partial charge on any atom is 0.306 e. The summed E-state index contributed by atoms with van der Waals surface area (Å²) in [4.78, 5) is 24.2. The van der Waals surface area contributed by atoms with E-state index >= 15 is 0 Å². The van der Waals surface area contributed by atoms with Crippen LogP contribution in [0.1, 0.15) is 168 Å². The molecular formula is C38H68O6. The first-order valence-electron chi connectivity index (χ1n) is 18.2. The van der Waals surface area contributed by atoms with Crippen LogP contribution in [0.2, 0.25) is 0 Å². The fourth-order valence-corrected chi connectivity index (χ4v) is 5.00. The molecule has 0 saturated heterocycles. The molecule has 0 heterocycles. The number of allylic oxidation sites excluding steroid dienone is 4. The van der Waals surface area contributed by atoms with E-state index in [1.165, 1.54) is 70.6 Å². The van der Waals surface area contributed by atoms with Gasteiger partial charge in [0.25, 0.3) is 0 Å². The number of aliphatic hydroxyl groups is 2. The number of ether oxygens (including phenoxy) is 2. The second kappa shape index (κ2) is 34.0. The summed E-state index contributed by atoms with van der Waals surface area (Å²) in [6.07, 6.45) is 36.7. The van der Waals surface area contributed by atoms with E-state index in [-0.39, 0.29) is 25.2 Å². The van der Waals surface area contributed by atoms with Crippen LogP contribution >= 0.6 is 0 Å². The number of hydrogen-bond donors (Lipinski definition) is 2. The molecule has 44 heavy (non-hydrogen) atoms. The highest BCUT2D eigenvalue weighted by Gasteiger charge is 2.16. The van der Waals surface area contributed by atoms with E-state index in [0.29, 0.717) is 19.3 Å². The second-order valence-corrected chi connectivity index (χ2v) is 12.1. The van der Waals surface area contributed by atoms with Gasteiger partial charge in [0.05, 0.1) is 12.7 Å². The van der Waals surface area contributed by atoms with Gasteiger partial charge in [0.15, 0.2) is 6.10 Å². The zero-order valence-corrected chi connectivity index (χ0v) is 28.5. The third-order valence-corrected chi connectivity index (χ3v) is 7.78. The van der Waals surface area contributed by atoms with Gasteiger partial charge in [-0.1, -0.05) is 153 Å². The van der Waals surface area contributed by atoms with Gasteiger partial charge >= 0.3 is 11.9 Å². The van der Waals surface area contributed by atoms with Crippen LogP contribution in [-0.2, 0) is 19.1 Å². The Hall–Kier alpha value is -1.92. The Morgan fingerprint density at radius 2 is 1.16 bits per heavy atom. The van der Waals surface area contributed by atoms with Gasteiger partial charge in [0.2, 0.25) is 0 Å². The highest BCUT2D eigenvalue weighted by atomic mass is 16.6. The summed E-state index contributed by atoms with van der Waals surface area (Å²) in [6.45, 7) is 3.90. The minimum Gasteiger partial charge on any atom is -0.462 e. The summed E-state index contributed by atoms with van der Waals surface area (Å²) in [5, 5.41) is 19.3. The van der Waals surface area contributed by atoms with Gasteiger partial charge in [-0.25, -0.2) is 0 Å². The van der Waals surface area contributed by atoms with Crippen LogP contribution in [0.15, 0.2) is 36.5 Å². The first-order chi connectivity index (χ1) is 21.5. The predicted octanol–water partition coefficient (Wildman–Crippen LogP) is 9.87. The van der Waals surface area contributed by atoms with Gasteiger partial charge in [0.1, 0.15) is 6.61 Å². The van der Waals surface area contributed by atoms with Gasteiger partial charge < -0.3 is 19.7 Å². The van der Waals surface area contributed by atoms with Crippen LogP contribution in [0.5, 0.6) is 0 Å². The van der Waals surface area contributed by atoms with Crippen LogP contribution in [0.25, 0.3) is 0 Å². The molecule has 0 radical (unpaired) electrons. The summed E-state index contributed by atoms with van der Waals surface area (Å²) in [5.41, 5.74) is 0. The molecule has 0 aromatic carbocycles. The van der Waals surface area contributed by atoms with E-state index in [2.05, 4.69) is 26.0 Å². The first kappa shape index (κ1) is 42.1. The zero-order valence-electron chi connectivity index (χ0n) is 28.5. The average molecular weight is 621 g/mol. The van der Waals surface area contributed by atoms with Crippen LogP contribution < -0.4 is 0 Å². The van der Waals surface area contributed by atoms with E-state index in [1.807, 2.05) is 24.3 Å². The van der Waals surface area contributed by atoms with Crippen molar-refractivity contribution in [2.24, 2.45) is 0 Å². The van der Waals surface area contributed by atoms with Crippen molar-refractivity contribution in [1.82, 2.24) is 0 Å². The third-order valence-electron chi connectivity index (χ3n) is 7.78. The van der Waals surface area contributed by atoms with Crippen molar-refractivity contribution >= 4 is 11.9 Å². The lowest BCUT2D eigenvalue weighted by Gasteiger charge is -2.15. The van der Waals surface area contributed by atoms with Gasteiger partial charge in [0, 0.05) is 12.8 Å².